The van der Waals surface area contributed by atoms with E-state index in [1.54, 1.807) is 0 Å². The Morgan fingerprint density at radius 2 is 2.03 bits per heavy atom. The number of hydrogen-bond donors (Lipinski definition) is 1. The highest BCUT2D eigenvalue weighted by atomic mass is 19.1. The molecule has 2 saturated heterocycles. The third-order valence-corrected chi connectivity index (χ3v) is 5.66. The Bertz CT molecular complexity index is 1500. The first-order valence-electron chi connectivity index (χ1n) is 15.0. The minimum atomic E-state index is -3.22. The molecule has 2 fully saturated rings. The van der Waals surface area contributed by atoms with Crippen molar-refractivity contribution in [3.63, 3.8) is 0 Å². The van der Waals surface area contributed by atoms with Crippen molar-refractivity contribution < 1.29 is 40.6 Å². The summed E-state index contributed by atoms with van der Waals surface area (Å²) < 4.78 is 97.7. The molecule has 3 amide bonds. The Hall–Kier alpha value is -3.30. The monoisotopic (exact) mass is 476 g/mol. The van der Waals surface area contributed by atoms with Crippen LogP contribution in [0.25, 0.3) is 0 Å². The van der Waals surface area contributed by atoms with Gasteiger partial charge in [0.05, 0.1) is 26.5 Å². The third kappa shape index (κ3) is 4.53. The summed E-state index contributed by atoms with van der Waals surface area (Å²) in [6, 6.07) is 6.17. The number of rotatable bonds is 6. The number of fused-ring (bicyclic) bond motifs is 1. The van der Waals surface area contributed by atoms with E-state index in [4.69, 9.17) is 17.1 Å². The van der Waals surface area contributed by atoms with Crippen LogP contribution in [0.3, 0.4) is 0 Å². The van der Waals surface area contributed by atoms with Crippen molar-refractivity contribution in [3.05, 3.63) is 64.5 Å². The van der Waals surface area contributed by atoms with Crippen molar-refractivity contribution in [1.29, 1.82) is 0 Å². The standard InChI is InChI=1S/C25H26FN3O5/c26-20-12-16(13-28-8-10-33-11-9-28)4-5-17(20)15-34-22-3-1-2-18-19(22)14-29(25(18)32)21-6-7-23(30)27-24(21)31/h1-5,12,21H,6-11,13-15H2,(H,27,30,31)/t21-/m0/s1/i8D2,9D2,10D2,11D2,21D. The van der Waals surface area contributed by atoms with Crippen LogP contribution >= 0.6 is 0 Å². The van der Waals surface area contributed by atoms with Crippen molar-refractivity contribution in [2.24, 2.45) is 0 Å². The number of amides is 3. The van der Waals surface area contributed by atoms with Gasteiger partial charge in [-0.25, -0.2) is 4.39 Å². The fourth-order valence-corrected chi connectivity index (χ4v) is 3.95. The summed E-state index contributed by atoms with van der Waals surface area (Å²) in [6.45, 7) is -13.9. The number of imide groups is 1. The topological polar surface area (TPSA) is 88.2 Å². The van der Waals surface area contributed by atoms with Crippen LogP contribution in [0.15, 0.2) is 36.4 Å². The number of morpholine rings is 1. The van der Waals surface area contributed by atoms with Gasteiger partial charge in [-0.15, -0.1) is 0 Å². The van der Waals surface area contributed by atoms with Crippen LogP contribution in [0.1, 0.15) is 52.2 Å². The number of carbonyl (C=O) groups excluding carboxylic acids is 3. The lowest BCUT2D eigenvalue weighted by atomic mass is 10.0. The second-order valence-electron chi connectivity index (χ2n) is 7.83. The quantitative estimate of drug-likeness (QED) is 0.642. The van der Waals surface area contributed by atoms with E-state index in [0.717, 1.165) is 11.0 Å². The molecule has 2 aromatic carbocycles. The van der Waals surface area contributed by atoms with E-state index in [9.17, 15) is 14.4 Å². The van der Waals surface area contributed by atoms with Gasteiger partial charge < -0.3 is 14.4 Å². The van der Waals surface area contributed by atoms with E-state index in [-0.39, 0.29) is 48.4 Å². The van der Waals surface area contributed by atoms with E-state index in [2.05, 4.69) is 10.1 Å². The Morgan fingerprint density at radius 1 is 1.21 bits per heavy atom. The molecule has 0 radical (unpaired) electrons. The maximum Gasteiger partial charge on any atom is 0.255 e. The Labute approximate surface area is 209 Å². The van der Waals surface area contributed by atoms with E-state index >= 15 is 4.39 Å². The van der Waals surface area contributed by atoms with Crippen LogP contribution in [0.2, 0.25) is 0 Å². The molecule has 0 unspecified atom stereocenters. The Kier molecular flexibility index (Phi) is 3.97. The lowest BCUT2D eigenvalue weighted by molar-refractivity contribution is -0.136. The fraction of sp³-hybridized carbons (Fsp3) is 0.400. The second kappa shape index (κ2) is 9.52. The summed E-state index contributed by atoms with van der Waals surface area (Å²) in [7, 11) is 0. The molecule has 5 rings (SSSR count). The molecular weight excluding hydrogens is 441 g/mol. The van der Waals surface area contributed by atoms with Crippen LogP contribution in [-0.4, -0.2) is 59.7 Å². The molecule has 3 aliphatic rings. The highest BCUT2D eigenvalue weighted by molar-refractivity contribution is 6.05. The minimum Gasteiger partial charge on any atom is -0.488 e. The number of benzene rings is 2. The van der Waals surface area contributed by atoms with Crippen LogP contribution in [0, 0.1) is 5.82 Å². The molecule has 9 heteroatoms. The van der Waals surface area contributed by atoms with Gasteiger partial charge in [0.25, 0.3) is 5.91 Å². The molecule has 3 aliphatic heterocycles. The molecule has 0 aliphatic carbocycles. The number of carbonyl (C=O) groups is 3. The molecular formula is C25H26FN3O5. The molecule has 34 heavy (non-hydrogen) atoms. The molecule has 178 valence electrons. The maximum atomic E-state index is 15.1. The lowest BCUT2D eigenvalue weighted by Gasteiger charge is -2.29. The first-order valence-corrected chi connectivity index (χ1v) is 10.5. The number of ether oxygens (including phenoxy) is 2. The zero-order valence-electron chi connectivity index (χ0n) is 26.8. The highest BCUT2D eigenvalue weighted by Gasteiger charge is 2.40. The molecule has 1 N–H and O–H groups in total. The molecule has 2 aromatic rings. The smallest absolute Gasteiger partial charge is 0.255 e. The van der Waals surface area contributed by atoms with E-state index in [0.29, 0.717) is 10.5 Å². The highest BCUT2D eigenvalue weighted by Crippen LogP contribution is 2.34. The Morgan fingerprint density at radius 3 is 2.79 bits per heavy atom. The molecule has 0 saturated carbocycles. The van der Waals surface area contributed by atoms with Crippen molar-refractivity contribution in [2.75, 3.05) is 26.1 Å². The van der Waals surface area contributed by atoms with Crippen molar-refractivity contribution in [1.82, 2.24) is 15.1 Å². The molecule has 0 bridgehead atoms. The van der Waals surface area contributed by atoms with E-state index in [1.165, 1.54) is 30.3 Å². The third-order valence-electron chi connectivity index (χ3n) is 5.66. The average Bonchev–Trinajstić information content (AvgIpc) is 3.25. The lowest BCUT2D eigenvalue weighted by Crippen LogP contribution is -2.52. The van der Waals surface area contributed by atoms with Crippen LogP contribution in [0.5, 0.6) is 5.75 Å². The zero-order valence-corrected chi connectivity index (χ0v) is 17.8. The number of piperidine rings is 1. The van der Waals surface area contributed by atoms with Crippen molar-refractivity contribution in [2.45, 2.75) is 38.6 Å². The fourth-order valence-electron chi connectivity index (χ4n) is 3.95. The zero-order chi connectivity index (χ0) is 31.8. The van der Waals surface area contributed by atoms with Crippen LogP contribution in [-0.2, 0) is 34.0 Å². The second-order valence-corrected chi connectivity index (χ2v) is 7.83. The van der Waals surface area contributed by atoms with Gasteiger partial charge in [-0.1, -0.05) is 18.2 Å². The largest absolute Gasteiger partial charge is 0.488 e. The molecule has 1 atom stereocenters. The van der Waals surface area contributed by atoms with Gasteiger partial charge in [-0.05, 0) is 30.2 Å². The van der Waals surface area contributed by atoms with Gasteiger partial charge >= 0.3 is 0 Å². The first kappa shape index (κ1) is 14.2. The SMILES string of the molecule is [2H]C1([2H])OC([2H])([2H])C([2H])([2H])N(Cc2ccc(COc3cccc4c3CN([C@@]3([2H])CCC(=O)NC3=O)C4=O)c(F)c2)C1([2H])[2H]. The summed E-state index contributed by atoms with van der Waals surface area (Å²) in [5.41, 5.74) is 0.622. The van der Waals surface area contributed by atoms with Gasteiger partial charge in [0.15, 0.2) is 0 Å². The average molecular weight is 477 g/mol. The number of halogens is 1. The first-order chi connectivity index (χ1) is 19.8. The van der Waals surface area contributed by atoms with Gasteiger partial charge in [-0.2, -0.15) is 0 Å². The molecule has 3 heterocycles. The predicted octanol–water partition coefficient (Wildman–Crippen LogP) is 2.00. The van der Waals surface area contributed by atoms with Gasteiger partial charge in [0, 0.05) is 48.1 Å². The van der Waals surface area contributed by atoms with Gasteiger partial charge in [0.2, 0.25) is 11.8 Å². The summed E-state index contributed by atoms with van der Waals surface area (Å²) in [6.07, 6.45) is -0.275. The van der Waals surface area contributed by atoms with Gasteiger partial charge in [0.1, 0.15) is 24.2 Å². The van der Waals surface area contributed by atoms with Crippen molar-refractivity contribution >= 4 is 17.7 Å². The van der Waals surface area contributed by atoms with Crippen molar-refractivity contribution in [3.8, 4) is 5.75 Å². The summed E-state index contributed by atoms with van der Waals surface area (Å²) in [5, 5.41) is 2.09. The predicted molar refractivity (Wildman–Crippen MR) is 119 cm³/mol. The normalized spacial score (nSPS) is 32.9. The molecule has 0 spiro atoms. The summed E-state index contributed by atoms with van der Waals surface area (Å²) in [4.78, 5) is 38.5. The van der Waals surface area contributed by atoms with E-state index in [1.807, 2.05) is 0 Å². The minimum absolute atomic E-state index is 0.0225. The molecule has 0 aromatic heterocycles. The molecule has 8 nitrogen and oxygen atoms in total. The van der Waals surface area contributed by atoms with E-state index < -0.39 is 62.2 Å². The van der Waals surface area contributed by atoms with Gasteiger partial charge in [-0.3, -0.25) is 24.6 Å². The summed E-state index contributed by atoms with van der Waals surface area (Å²) in [5.74, 6) is -2.64. The number of hydrogen-bond acceptors (Lipinski definition) is 6. The van der Waals surface area contributed by atoms with Crippen LogP contribution in [0.4, 0.5) is 4.39 Å². The summed E-state index contributed by atoms with van der Waals surface area (Å²) >= 11 is 0. The maximum absolute atomic E-state index is 15.1. The number of nitrogens with one attached hydrogen (secondary N) is 1. The van der Waals surface area contributed by atoms with Crippen LogP contribution < -0.4 is 10.1 Å². The number of nitrogens with zero attached hydrogens (tertiary/aromatic N) is 2. The Balaban J connectivity index is 1.33.